The highest BCUT2D eigenvalue weighted by Gasteiger charge is 2.14. The SMILES string of the molecule is COC(=O)c1ccc(C(C)Cc2cccc(Oc3ccc(C(C)C)cc3)c2)cc1N. The van der Waals surface area contributed by atoms with E-state index in [0.29, 0.717) is 17.2 Å². The largest absolute Gasteiger partial charge is 0.465 e. The van der Waals surface area contributed by atoms with E-state index in [0.717, 1.165) is 23.5 Å². The molecule has 2 N–H and O–H groups in total. The van der Waals surface area contributed by atoms with Crippen LogP contribution in [0.2, 0.25) is 0 Å². The van der Waals surface area contributed by atoms with Crippen molar-refractivity contribution >= 4 is 11.7 Å². The number of esters is 1. The van der Waals surface area contributed by atoms with Gasteiger partial charge in [-0.2, -0.15) is 0 Å². The van der Waals surface area contributed by atoms with Gasteiger partial charge in [-0.1, -0.05) is 51.1 Å². The van der Waals surface area contributed by atoms with Gasteiger partial charge in [0.15, 0.2) is 0 Å². The summed E-state index contributed by atoms with van der Waals surface area (Å²) in [4.78, 5) is 11.7. The summed E-state index contributed by atoms with van der Waals surface area (Å²) in [7, 11) is 1.35. The van der Waals surface area contributed by atoms with Gasteiger partial charge in [-0.15, -0.1) is 0 Å². The summed E-state index contributed by atoms with van der Waals surface area (Å²) in [6.45, 7) is 6.50. The third kappa shape index (κ3) is 5.20. The van der Waals surface area contributed by atoms with E-state index in [1.165, 1.54) is 18.2 Å². The molecule has 156 valence electrons. The zero-order chi connectivity index (χ0) is 21.7. The highest BCUT2D eigenvalue weighted by atomic mass is 16.5. The Morgan fingerprint density at radius 2 is 1.60 bits per heavy atom. The van der Waals surface area contributed by atoms with Crippen molar-refractivity contribution in [3.63, 3.8) is 0 Å². The standard InChI is InChI=1S/C26H29NO3/c1-17(2)20-8-11-22(12-9-20)30-23-7-5-6-19(15-23)14-18(3)21-10-13-24(25(27)16-21)26(28)29-4/h5-13,15-18H,14,27H2,1-4H3. The van der Waals surface area contributed by atoms with Crippen molar-refractivity contribution in [3.05, 3.63) is 89.0 Å². The first-order chi connectivity index (χ1) is 14.4. The van der Waals surface area contributed by atoms with Gasteiger partial charge in [-0.05, 0) is 71.3 Å². The number of hydrogen-bond acceptors (Lipinski definition) is 4. The quantitative estimate of drug-likeness (QED) is 0.370. The zero-order valence-electron chi connectivity index (χ0n) is 18.0. The highest BCUT2D eigenvalue weighted by Crippen LogP contribution is 2.28. The minimum absolute atomic E-state index is 0.236. The van der Waals surface area contributed by atoms with Crippen LogP contribution in [0.3, 0.4) is 0 Å². The second kappa shape index (κ2) is 9.49. The Bertz CT molecular complexity index is 1010. The summed E-state index contributed by atoms with van der Waals surface area (Å²) in [6.07, 6.45) is 0.834. The summed E-state index contributed by atoms with van der Waals surface area (Å²) in [5.41, 5.74) is 10.4. The van der Waals surface area contributed by atoms with Gasteiger partial charge in [0, 0.05) is 5.69 Å². The fourth-order valence-corrected chi connectivity index (χ4v) is 3.45. The first-order valence-corrected chi connectivity index (χ1v) is 10.2. The Labute approximate surface area is 178 Å². The molecular weight excluding hydrogens is 374 g/mol. The van der Waals surface area contributed by atoms with Crippen LogP contribution < -0.4 is 10.5 Å². The van der Waals surface area contributed by atoms with E-state index >= 15 is 0 Å². The maximum absolute atomic E-state index is 11.7. The smallest absolute Gasteiger partial charge is 0.339 e. The summed E-state index contributed by atoms with van der Waals surface area (Å²) in [6, 6.07) is 21.9. The molecule has 3 rings (SSSR count). The van der Waals surface area contributed by atoms with Crippen LogP contribution in [0.5, 0.6) is 11.5 Å². The van der Waals surface area contributed by atoms with E-state index in [4.69, 9.17) is 15.2 Å². The third-order valence-corrected chi connectivity index (χ3v) is 5.27. The number of nitrogens with two attached hydrogens (primary N) is 1. The van der Waals surface area contributed by atoms with Crippen LogP contribution in [-0.4, -0.2) is 13.1 Å². The Morgan fingerprint density at radius 3 is 2.23 bits per heavy atom. The minimum atomic E-state index is -0.419. The van der Waals surface area contributed by atoms with Crippen molar-refractivity contribution in [2.24, 2.45) is 0 Å². The van der Waals surface area contributed by atoms with Crippen LogP contribution >= 0.6 is 0 Å². The van der Waals surface area contributed by atoms with Crippen molar-refractivity contribution in [2.75, 3.05) is 12.8 Å². The zero-order valence-corrected chi connectivity index (χ0v) is 18.0. The molecule has 0 spiro atoms. The lowest BCUT2D eigenvalue weighted by Crippen LogP contribution is -2.07. The Kier molecular flexibility index (Phi) is 6.78. The number of hydrogen-bond donors (Lipinski definition) is 1. The van der Waals surface area contributed by atoms with Crippen LogP contribution in [0.15, 0.2) is 66.7 Å². The molecule has 0 heterocycles. The van der Waals surface area contributed by atoms with Gasteiger partial charge < -0.3 is 15.2 Å². The van der Waals surface area contributed by atoms with Gasteiger partial charge >= 0.3 is 5.97 Å². The van der Waals surface area contributed by atoms with E-state index in [1.54, 1.807) is 6.07 Å². The topological polar surface area (TPSA) is 61.5 Å². The molecular formula is C26H29NO3. The van der Waals surface area contributed by atoms with Crippen LogP contribution in [0.1, 0.15) is 59.7 Å². The molecule has 0 amide bonds. The molecule has 0 aromatic heterocycles. The second-order valence-corrected chi connectivity index (χ2v) is 7.92. The second-order valence-electron chi connectivity index (χ2n) is 7.92. The van der Waals surface area contributed by atoms with Gasteiger partial charge in [0.1, 0.15) is 11.5 Å². The van der Waals surface area contributed by atoms with Crippen molar-refractivity contribution in [3.8, 4) is 11.5 Å². The van der Waals surface area contributed by atoms with Gasteiger partial charge in [0.2, 0.25) is 0 Å². The first-order valence-electron chi connectivity index (χ1n) is 10.2. The highest BCUT2D eigenvalue weighted by molar-refractivity contribution is 5.95. The van der Waals surface area contributed by atoms with Crippen LogP contribution in [-0.2, 0) is 11.2 Å². The predicted octanol–water partition coefficient (Wildman–Crippen LogP) is 6.32. The number of nitrogen functional groups attached to an aromatic ring is 1. The number of rotatable bonds is 7. The van der Waals surface area contributed by atoms with E-state index in [9.17, 15) is 4.79 Å². The predicted molar refractivity (Wildman–Crippen MR) is 121 cm³/mol. The third-order valence-electron chi connectivity index (χ3n) is 5.27. The van der Waals surface area contributed by atoms with Crippen molar-refractivity contribution in [1.29, 1.82) is 0 Å². The lowest BCUT2D eigenvalue weighted by molar-refractivity contribution is 0.0602. The molecule has 4 nitrogen and oxygen atoms in total. The lowest BCUT2D eigenvalue weighted by Gasteiger charge is -2.15. The first kappa shape index (κ1) is 21.4. The molecule has 0 fully saturated rings. The van der Waals surface area contributed by atoms with E-state index < -0.39 is 5.97 Å². The Hall–Kier alpha value is -3.27. The Balaban J connectivity index is 1.70. The molecule has 4 heteroatoms. The summed E-state index contributed by atoms with van der Waals surface area (Å²) in [5, 5.41) is 0. The number of ether oxygens (including phenoxy) is 2. The van der Waals surface area contributed by atoms with Crippen LogP contribution in [0.4, 0.5) is 5.69 Å². The molecule has 0 aliphatic carbocycles. The molecule has 0 bridgehead atoms. The molecule has 0 saturated heterocycles. The lowest BCUT2D eigenvalue weighted by atomic mass is 9.92. The summed E-state index contributed by atoms with van der Waals surface area (Å²) >= 11 is 0. The van der Waals surface area contributed by atoms with Gasteiger partial charge in [-0.3, -0.25) is 0 Å². The molecule has 0 saturated carbocycles. The molecule has 30 heavy (non-hydrogen) atoms. The minimum Gasteiger partial charge on any atom is -0.465 e. The van der Waals surface area contributed by atoms with Crippen molar-refractivity contribution in [1.82, 2.24) is 0 Å². The molecule has 0 radical (unpaired) electrons. The average molecular weight is 404 g/mol. The van der Waals surface area contributed by atoms with Gasteiger partial charge in [-0.25, -0.2) is 4.79 Å². The van der Waals surface area contributed by atoms with Crippen LogP contribution in [0.25, 0.3) is 0 Å². The fourth-order valence-electron chi connectivity index (χ4n) is 3.45. The maximum Gasteiger partial charge on any atom is 0.339 e. The van der Waals surface area contributed by atoms with Crippen molar-refractivity contribution in [2.45, 2.75) is 39.0 Å². The van der Waals surface area contributed by atoms with E-state index in [2.05, 4.69) is 45.0 Å². The summed E-state index contributed by atoms with van der Waals surface area (Å²) in [5.74, 6) is 1.96. The molecule has 3 aromatic rings. The fraction of sp³-hybridized carbons (Fsp3) is 0.269. The number of carbonyl (C=O) groups is 1. The van der Waals surface area contributed by atoms with Gasteiger partial charge in [0.25, 0.3) is 0 Å². The van der Waals surface area contributed by atoms with E-state index in [-0.39, 0.29) is 5.92 Å². The number of methoxy groups -OCH3 is 1. The van der Waals surface area contributed by atoms with Crippen LogP contribution in [0, 0.1) is 0 Å². The maximum atomic E-state index is 11.7. The number of carbonyl (C=O) groups excluding carboxylic acids is 1. The molecule has 0 aliphatic heterocycles. The van der Waals surface area contributed by atoms with Gasteiger partial charge in [0.05, 0.1) is 12.7 Å². The number of benzene rings is 3. The summed E-state index contributed by atoms with van der Waals surface area (Å²) < 4.78 is 10.8. The molecule has 1 unspecified atom stereocenters. The molecule has 1 atom stereocenters. The number of anilines is 1. The van der Waals surface area contributed by atoms with Crippen molar-refractivity contribution < 1.29 is 14.3 Å². The molecule has 0 aliphatic rings. The monoisotopic (exact) mass is 403 g/mol. The normalized spacial score (nSPS) is 11.9. The van der Waals surface area contributed by atoms with E-state index in [1.807, 2.05) is 36.4 Å². The molecule has 3 aromatic carbocycles. The average Bonchev–Trinajstić information content (AvgIpc) is 2.73. The Morgan fingerprint density at radius 1 is 0.900 bits per heavy atom.